The van der Waals surface area contributed by atoms with Crippen LogP contribution in [0.4, 0.5) is 14.0 Å². The molecule has 1 saturated carbocycles. The van der Waals surface area contributed by atoms with Gasteiger partial charge in [-0.3, -0.25) is 0 Å². The number of nitrogens with zero attached hydrogens (tertiary/aromatic N) is 1. The minimum absolute atomic E-state index is 0.0480. The second-order valence-electron chi connectivity index (χ2n) is 11.3. The van der Waals surface area contributed by atoms with E-state index in [1.165, 1.54) is 19.6 Å². The zero-order valence-electron chi connectivity index (χ0n) is 23.4. The molecule has 0 bridgehead atoms. The highest BCUT2D eigenvalue weighted by molar-refractivity contribution is 6.30. The first-order valence-corrected chi connectivity index (χ1v) is 14.9. The van der Waals surface area contributed by atoms with Crippen molar-refractivity contribution in [2.24, 2.45) is 11.8 Å². The molecule has 9 nitrogen and oxygen atoms in total. The second-order valence-corrected chi connectivity index (χ2v) is 11.7. The Kier molecular flexibility index (Phi) is 13.2. The Morgan fingerprint density at radius 2 is 1.90 bits per heavy atom. The molecule has 40 heavy (non-hydrogen) atoms. The van der Waals surface area contributed by atoms with E-state index in [0.717, 1.165) is 38.5 Å². The van der Waals surface area contributed by atoms with Crippen LogP contribution in [0.2, 0.25) is 5.02 Å². The first kappa shape index (κ1) is 32.4. The topological polar surface area (TPSA) is 131 Å². The summed E-state index contributed by atoms with van der Waals surface area (Å²) >= 11 is 5.92. The molecule has 1 aliphatic carbocycles. The molecule has 0 radical (unpaired) electrons. The molecule has 5 atom stereocenters. The van der Waals surface area contributed by atoms with Gasteiger partial charge in [-0.25, -0.2) is 14.0 Å². The molecule has 1 heterocycles. The molecular formula is C29H45ClFN3O6. The van der Waals surface area contributed by atoms with E-state index in [0.29, 0.717) is 50.3 Å². The van der Waals surface area contributed by atoms with Crippen molar-refractivity contribution in [1.29, 1.82) is 0 Å². The Bertz CT molecular complexity index is 950. The summed E-state index contributed by atoms with van der Waals surface area (Å²) in [7, 11) is 1.52. The van der Waals surface area contributed by atoms with Crippen molar-refractivity contribution in [3.8, 4) is 0 Å². The maximum Gasteiger partial charge on any atom is 0.404 e. The van der Waals surface area contributed by atoms with E-state index < -0.39 is 36.3 Å². The third kappa shape index (κ3) is 9.75. The number of nitrogens with one attached hydrogen (secondary N) is 2. The molecule has 0 spiro atoms. The average Bonchev–Trinajstić information content (AvgIpc) is 2.96. The van der Waals surface area contributed by atoms with Crippen molar-refractivity contribution in [3.05, 3.63) is 34.6 Å². The van der Waals surface area contributed by atoms with Crippen LogP contribution in [-0.4, -0.2) is 77.3 Å². The molecule has 2 aliphatic rings. The van der Waals surface area contributed by atoms with Crippen LogP contribution < -0.4 is 10.6 Å². The number of carbonyl (C=O) groups excluding carboxylic acids is 1. The molecule has 3 amide bonds. The summed E-state index contributed by atoms with van der Waals surface area (Å²) in [4.78, 5) is 25.9. The van der Waals surface area contributed by atoms with Crippen molar-refractivity contribution in [2.45, 2.75) is 95.0 Å². The van der Waals surface area contributed by atoms with Crippen molar-refractivity contribution >= 4 is 23.7 Å². The highest BCUT2D eigenvalue weighted by Crippen LogP contribution is 2.31. The lowest BCUT2D eigenvalue weighted by Gasteiger charge is -2.37. The summed E-state index contributed by atoms with van der Waals surface area (Å²) < 4.78 is 19.9. The monoisotopic (exact) mass is 585 g/mol. The van der Waals surface area contributed by atoms with Gasteiger partial charge in [-0.1, -0.05) is 55.8 Å². The average molecular weight is 586 g/mol. The fraction of sp³-hybridized carbons (Fsp3) is 0.724. The largest absolute Gasteiger partial charge is 0.465 e. The number of carboxylic acid groups (broad SMARTS) is 1. The van der Waals surface area contributed by atoms with Gasteiger partial charge in [0.05, 0.1) is 29.4 Å². The van der Waals surface area contributed by atoms with Gasteiger partial charge in [-0.05, 0) is 50.5 Å². The van der Waals surface area contributed by atoms with Crippen LogP contribution in [-0.2, 0) is 4.74 Å². The lowest BCUT2D eigenvalue weighted by Crippen LogP contribution is -2.55. The maximum absolute atomic E-state index is 14.4. The van der Waals surface area contributed by atoms with Crippen molar-refractivity contribution in [2.75, 3.05) is 26.7 Å². The third-order valence-corrected chi connectivity index (χ3v) is 8.71. The number of rotatable bonds is 13. The summed E-state index contributed by atoms with van der Waals surface area (Å²) in [5.74, 6) is -0.208. The molecule has 1 unspecified atom stereocenters. The van der Waals surface area contributed by atoms with Gasteiger partial charge in [0.2, 0.25) is 0 Å². The molecule has 226 valence electrons. The number of piperidine rings is 1. The summed E-state index contributed by atoms with van der Waals surface area (Å²) in [6, 6.07) is 3.96. The first-order chi connectivity index (χ1) is 19.2. The van der Waals surface area contributed by atoms with Gasteiger partial charge in [0.1, 0.15) is 5.82 Å². The first-order valence-electron chi connectivity index (χ1n) is 14.5. The summed E-state index contributed by atoms with van der Waals surface area (Å²) in [6.45, 7) is 0.785. The van der Waals surface area contributed by atoms with E-state index in [1.54, 1.807) is 17.0 Å². The van der Waals surface area contributed by atoms with Crippen LogP contribution in [0.3, 0.4) is 0 Å². The molecule has 5 N–H and O–H groups in total. The number of amides is 3. The summed E-state index contributed by atoms with van der Waals surface area (Å²) in [5, 5.41) is 35.8. The van der Waals surface area contributed by atoms with E-state index in [1.807, 2.05) is 0 Å². The zero-order chi connectivity index (χ0) is 29.1. The molecule has 11 heteroatoms. The second kappa shape index (κ2) is 16.3. The van der Waals surface area contributed by atoms with Crippen LogP contribution >= 0.6 is 11.6 Å². The van der Waals surface area contributed by atoms with Gasteiger partial charge in [-0.2, -0.15) is 0 Å². The number of hydrogen-bond donors (Lipinski definition) is 5. The van der Waals surface area contributed by atoms with Gasteiger partial charge in [0, 0.05) is 38.2 Å². The predicted molar refractivity (Wildman–Crippen MR) is 151 cm³/mol. The van der Waals surface area contributed by atoms with Crippen LogP contribution in [0.1, 0.15) is 82.3 Å². The number of likely N-dealkylation sites (tertiary alicyclic amines) is 1. The standard InChI is InChI=1S/C29H45ClFN3O6/c1-40-26(21-11-5-12-22(30)27(21)31)14-6-13-24(35)20-10-7-15-34(18-20)28(37)33-23(25(36)17-32-29(38)39)16-19-8-3-2-4-9-19/h5,11-12,19-20,23-26,32,35-36H,2-4,6-10,13-18H2,1H3,(H,33,37)(H,38,39)/t20-,23+,24?,25+,26+/m1/s1. The maximum atomic E-state index is 14.4. The number of benzene rings is 1. The van der Waals surface area contributed by atoms with Crippen LogP contribution in [0.5, 0.6) is 0 Å². The summed E-state index contributed by atoms with van der Waals surface area (Å²) in [6.07, 6.45) is 5.93. The van der Waals surface area contributed by atoms with E-state index >= 15 is 0 Å². The Morgan fingerprint density at radius 3 is 2.60 bits per heavy atom. The Labute approximate surface area is 241 Å². The lowest BCUT2D eigenvalue weighted by atomic mass is 9.83. The van der Waals surface area contributed by atoms with E-state index in [-0.39, 0.29) is 23.5 Å². The predicted octanol–water partition coefficient (Wildman–Crippen LogP) is 5.09. The van der Waals surface area contributed by atoms with Crippen LogP contribution in [0, 0.1) is 17.7 Å². The Hall–Kier alpha value is -2.14. The number of urea groups is 1. The Balaban J connectivity index is 1.52. The molecule has 3 rings (SSSR count). The quantitative estimate of drug-likeness (QED) is 0.219. The van der Waals surface area contributed by atoms with Crippen molar-refractivity contribution in [1.82, 2.24) is 15.5 Å². The molecule has 2 fully saturated rings. The molecule has 1 aromatic rings. The minimum atomic E-state index is -1.22. The number of carbonyl (C=O) groups is 2. The molecular weight excluding hydrogens is 541 g/mol. The lowest BCUT2D eigenvalue weighted by molar-refractivity contribution is 0.0434. The summed E-state index contributed by atoms with van der Waals surface area (Å²) in [5.41, 5.74) is 0.397. The van der Waals surface area contributed by atoms with Gasteiger partial charge in [0.15, 0.2) is 0 Å². The van der Waals surface area contributed by atoms with E-state index in [2.05, 4.69) is 10.6 Å². The number of ether oxygens (including phenoxy) is 1. The third-order valence-electron chi connectivity index (χ3n) is 8.42. The van der Waals surface area contributed by atoms with Crippen molar-refractivity contribution < 1.29 is 34.0 Å². The molecule has 0 aromatic heterocycles. The van der Waals surface area contributed by atoms with E-state index in [4.69, 9.17) is 21.4 Å². The highest BCUT2D eigenvalue weighted by Gasteiger charge is 2.32. The molecule has 1 aromatic carbocycles. The number of methoxy groups -OCH3 is 1. The van der Waals surface area contributed by atoms with E-state index in [9.17, 15) is 24.2 Å². The van der Waals surface area contributed by atoms with Gasteiger partial charge in [0.25, 0.3) is 0 Å². The number of halogens is 2. The number of aliphatic hydroxyl groups excluding tert-OH is 2. The Morgan fingerprint density at radius 1 is 1.15 bits per heavy atom. The fourth-order valence-electron chi connectivity index (χ4n) is 6.10. The molecule has 1 saturated heterocycles. The number of hydrogen-bond acceptors (Lipinski definition) is 5. The van der Waals surface area contributed by atoms with Gasteiger partial charge in [-0.15, -0.1) is 0 Å². The van der Waals surface area contributed by atoms with Gasteiger partial charge >= 0.3 is 12.1 Å². The zero-order valence-corrected chi connectivity index (χ0v) is 24.1. The molecule has 1 aliphatic heterocycles. The van der Waals surface area contributed by atoms with Gasteiger partial charge < -0.3 is 35.6 Å². The minimum Gasteiger partial charge on any atom is -0.465 e. The highest BCUT2D eigenvalue weighted by atomic mass is 35.5. The van der Waals surface area contributed by atoms with Crippen molar-refractivity contribution in [3.63, 3.8) is 0 Å². The SMILES string of the molecule is CO[C@@H](CCCC(O)[C@@H]1CCCN(C(=O)N[C@@H](CC2CCCCC2)[C@@H](O)CNC(=O)O)C1)c1cccc(Cl)c1F. The van der Waals surface area contributed by atoms with Crippen LogP contribution in [0.25, 0.3) is 0 Å². The fourth-order valence-corrected chi connectivity index (χ4v) is 6.29. The smallest absolute Gasteiger partial charge is 0.404 e. The number of aliphatic hydroxyl groups is 2. The normalized spacial score (nSPS) is 21.3. The van der Waals surface area contributed by atoms with Crippen LogP contribution in [0.15, 0.2) is 18.2 Å².